The third kappa shape index (κ3) is 3.46. The normalized spacial score (nSPS) is 17.9. The Balaban J connectivity index is 1.93. The van der Waals surface area contributed by atoms with E-state index in [1.54, 1.807) is 18.3 Å². The predicted molar refractivity (Wildman–Crippen MR) is 114 cm³/mol. The lowest BCUT2D eigenvalue weighted by atomic mass is 9.96. The van der Waals surface area contributed by atoms with Crippen LogP contribution >= 0.6 is 11.3 Å². The molecule has 0 aliphatic carbocycles. The van der Waals surface area contributed by atoms with E-state index in [1.807, 2.05) is 13.8 Å². The number of nitrogens with zero attached hydrogens (tertiary/aromatic N) is 3. The first-order valence-electron chi connectivity index (χ1n) is 9.32. The first-order valence-corrected chi connectivity index (χ1v) is 10.1. The minimum Gasteiger partial charge on any atom is -0.507 e. The van der Waals surface area contributed by atoms with E-state index in [4.69, 9.17) is 4.74 Å². The van der Waals surface area contributed by atoms with Crippen molar-refractivity contribution in [1.29, 1.82) is 0 Å². The summed E-state index contributed by atoms with van der Waals surface area (Å²) in [5, 5.41) is 11.3. The van der Waals surface area contributed by atoms with Gasteiger partial charge in [0.1, 0.15) is 5.76 Å². The van der Waals surface area contributed by atoms with Crippen LogP contribution in [0.25, 0.3) is 5.76 Å². The second-order valence-electron chi connectivity index (χ2n) is 6.94. The summed E-state index contributed by atoms with van der Waals surface area (Å²) in [5.74, 6) is -2.90. The maximum atomic E-state index is 14.2. The molecule has 3 aromatic rings. The summed E-state index contributed by atoms with van der Waals surface area (Å²) < 4.78 is 19.1. The molecule has 0 saturated carbocycles. The van der Waals surface area contributed by atoms with Crippen molar-refractivity contribution in [2.45, 2.75) is 19.9 Å². The van der Waals surface area contributed by atoms with Crippen molar-refractivity contribution >= 4 is 33.9 Å². The van der Waals surface area contributed by atoms with Crippen LogP contribution in [0.2, 0.25) is 0 Å². The van der Waals surface area contributed by atoms with Gasteiger partial charge in [-0.05, 0) is 43.7 Å². The number of carbonyl (C=O) groups excluding carboxylic acids is 2. The Morgan fingerprint density at radius 3 is 2.61 bits per heavy atom. The highest BCUT2D eigenvalue weighted by Crippen LogP contribution is 2.43. The number of Topliss-reactive ketones (excluding diaryl/α,β-unsaturated/α-hetero) is 1. The van der Waals surface area contributed by atoms with E-state index in [0.29, 0.717) is 10.7 Å². The van der Waals surface area contributed by atoms with E-state index < -0.39 is 29.3 Å². The largest absolute Gasteiger partial charge is 0.507 e. The topological polar surface area (TPSA) is 92.6 Å². The molecule has 1 N–H and O–H groups in total. The van der Waals surface area contributed by atoms with Gasteiger partial charge in [0.15, 0.2) is 16.7 Å². The SMILES string of the molecule is COc1ccc(/C(O)=C2\C(=O)C(=O)N(c3nc(C)c(C)s3)C2c2cccnc2)cc1F. The second-order valence-corrected chi connectivity index (χ2v) is 8.12. The average Bonchev–Trinajstić information content (AvgIpc) is 3.23. The molecule has 1 unspecified atom stereocenters. The predicted octanol–water partition coefficient (Wildman–Crippen LogP) is 3.93. The molecule has 2 aromatic heterocycles. The number of methoxy groups -OCH3 is 1. The van der Waals surface area contributed by atoms with Crippen molar-refractivity contribution in [1.82, 2.24) is 9.97 Å². The molecule has 7 nitrogen and oxygen atoms in total. The number of ketones is 1. The minimum absolute atomic E-state index is 0.00505. The fourth-order valence-electron chi connectivity index (χ4n) is 3.41. The standard InChI is InChI=1S/C22H18FN3O4S/c1-11-12(2)31-22(25-11)26-18(14-5-4-8-24-10-14)17(20(28)21(26)29)19(27)13-6-7-16(30-3)15(23)9-13/h4-10,18,27H,1-3H3/b19-17+. The number of aliphatic hydroxyl groups excluding tert-OH is 1. The zero-order valence-electron chi connectivity index (χ0n) is 16.9. The summed E-state index contributed by atoms with van der Waals surface area (Å²) in [6, 6.07) is 6.23. The number of rotatable bonds is 4. The monoisotopic (exact) mass is 439 g/mol. The van der Waals surface area contributed by atoms with Gasteiger partial charge in [-0.3, -0.25) is 19.5 Å². The molecule has 1 atom stereocenters. The number of carbonyl (C=O) groups is 2. The quantitative estimate of drug-likeness (QED) is 0.376. The summed E-state index contributed by atoms with van der Waals surface area (Å²) in [5.41, 5.74) is 1.15. The van der Waals surface area contributed by atoms with Crippen LogP contribution in [0.5, 0.6) is 5.75 Å². The van der Waals surface area contributed by atoms with E-state index in [2.05, 4.69) is 9.97 Å². The number of halogens is 1. The zero-order chi connectivity index (χ0) is 22.3. The summed E-state index contributed by atoms with van der Waals surface area (Å²) in [7, 11) is 1.32. The highest BCUT2D eigenvalue weighted by Gasteiger charge is 2.48. The lowest BCUT2D eigenvalue weighted by Gasteiger charge is -2.22. The van der Waals surface area contributed by atoms with E-state index in [9.17, 15) is 19.1 Å². The Hall–Kier alpha value is -3.59. The lowest BCUT2D eigenvalue weighted by Crippen LogP contribution is -2.29. The Morgan fingerprint density at radius 1 is 1.26 bits per heavy atom. The van der Waals surface area contributed by atoms with Crippen LogP contribution in [0.15, 0.2) is 48.3 Å². The van der Waals surface area contributed by atoms with E-state index in [1.165, 1.54) is 41.7 Å². The van der Waals surface area contributed by atoms with Crippen LogP contribution in [0, 0.1) is 19.7 Å². The van der Waals surface area contributed by atoms with E-state index >= 15 is 0 Å². The summed E-state index contributed by atoms with van der Waals surface area (Å²) >= 11 is 1.27. The molecule has 1 aromatic carbocycles. The smallest absolute Gasteiger partial charge is 0.301 e. The summed E-state index contributed by atoms with van der Waals surface area (Å²) in [6.07, 6.45) is 3.07. The molecule has 1 saturated heterocycles. The number of ether oxygens (including phenoxy) is 1. The Labute approximate surface area is 181 Å². The van der Waals surface area contributed by atoms with Crippen LogP contribution in [-0.4, -0.2) is 33.9 Å². The van der Waals surface area contributed by atoms with Gasteiger partial charge in [0.05, 0.1) is 24.4 Å². The Morgan fingerprint density at radius 2 is 2.03 bits per heavy atom. The van der Waals surface area contributed by atoms with Crippen molar-refractivity contribution in [2.24, 2.45) is 0 Å². The fraction of sp³-hybridized carbons (Fsp3) is 0.182. The number of anilines is 1. The van der Waals surface area contributed by atoms with Crippen molar-refractivity contribution in [3.8, 4) is 5.75 Å². The van der Waals surface area contributed by atoms with E-state index in [0.717, 1.165) is 16.6 Å². The average molecular weight is 439 g/mol. The maximum absolute atomic E-state index is 14.2. The minimum atomic E-state index is -0.955. The van der Waals surface area contributed by atoms with Crippen LogP contribution in [-0.2, 0) is 9.59 Å². The molecule has 1 aliphatic rings. The maximum Gasteiger partial charge on any atom is 0.301 e. The first kappa shape index (κ1) is 20.7. The van der Waals surface area contributed by atoms with Gasteiger partial charge in [-0.15, -0.1) is 11.3 Å². The number of hydrogen-bond donors (Lipinski definition) is 1. The molecule has 1 fully saturated rings. The van der Waals surface area contributed by atoms with Crippen molar-refractivity contribution in [3.63, 3.8) is 0 Å². The van der Waals surface area contributed by atoms with Gasteiger partial charge in [-0.2, -0.15) is 0 Å². The van der Waals surface area contributed by atoms with Crippen molar-refractivity contribution in [3.05, 3.63) is 75.8 Å². The summed E-state index contributed by atoms with van der Waals surface area (Å²) in [6.45, 7) is 3.68. The van der Waals surface area contributed by atoms with Gasteiger partial charge < -0.3 is 9.84 Å². The number of benzene rings is 1. The third-order valence-electron chi connectivity index (χ3n) is 5.09. The number of aromatic nitrogens is 2. The summed E-state index contributed by atoms with van der Waals surface area (Å²) in [4.78, 5) is 36.7. The van der Waals surface area contributed by atoms with Crippen LogP contribution in [0.3, 0.4) is 0 Å². The molecule has 31 heavy (non-hydrogen) atoms. The molecular formula is C22H18FN3O4S. The molecule has 4 rings (SSSR count). The van der Waals surface area contributed by atoms with Gasteiger partial charge in [-0.25, -0.2) is 9.37 Å². The Kier molecular flexibility index (Phi) is 5.28. The molecule has 9 heteroatoms. The highest BCUT2D eigenvalue weighted by atomic mass is 32.1. The number of pyridine rings is 1. The second kappa shape index (κ2) is 7.92. The van der Waals surface area contributed by atoms with Crippen molar-refractivity contribution in [2.75, 3.05) is 12.0 Å². The van der Waals surface area contributed by atoms with Crippen LogP contribution in [0.4, 0.5) is 9.52 Å². The molecule has 0 spiro atoms. The third-order valence-corrected chi connectivity index (χ3v) is 6.17. The Bertz CT molecular complexity index is 1200. The highest BCUT2D eigenvalue weighted by molar-refractivity contribution is 7.16. The fourth-order valence-corrected chi connectivity index (χ4v) is 4.35. The first-order chi connectivity index (χ1) is 14.8. The van der Waals surface area contributed by atoms with Gasteiger partial charge >= 0.3 is 5.91 Å². The molecule has 0 bridgehead atoms. The molecular weight excluding hydrogens is 421 g/mol. The number of aryl methyl sites for hydroxylation is 2. The van der Waals surface area contributed by atoms with Crippen molar-refractivity contribution < 1.29 is 23.8 Å². The number of amides is 1. The number of hydrogen-bond acceptors (Lipinski definition) is 7. The molecule has 158 valence electrons. The van der Waals surface area contributed by atoms with Crippen LogP contribution < -0.4 is 9.64 Å². The van der Waals surface area contributed by atoms with Gasteiger partial charge in [0.25, 0.3) is 5.78 Å². The number of aliphatic hydroxyl groups is 1. The van der Waals surface area contributed by atoms with Gasteiger partial charge in [-0.1, -0.05) is 6.07 Å². The van der Waals surface area contributed by atoms with E-state index in [-0.39, 0.29) is 16.9 Å². The molecule has 1 amide bonds. The molecule has 0 radical (unpaired) electrons. The van der Waals surface area contributed by atoms with Crippen LogP contribution in [0.1, 0.15) is 27.7 Å². The van der Waals surface area contributed by atoms with Gasteiger partial charge in [0.2, 0.25) is 0 Å². The number of thiazole rings is 1. The van der Waals surface area contributed by atoms with Gasteiger partial charge in [0, 0.05) is 22.8 Å². The molecule has 3 heterocycles. The molecule has 1 aliphatic heterocycles. The lowest BCUT2D eigenvalue weighted by molar-refractivity contribution is -0.132. The zero-order valence-corrected chi connectivity index (χ0v) is 17.7.